The zero-order valence-corrected chi connectivity index (χ0v) is 20.6. The molecule has 5 heteroatoms. The third kappa shape index (κ3) is 17.4. The van der Waals surface area contributed by atoms with Crippen molar-refractivity contribution in [2.75, 3.05) is 5.75 Å². The van der Waals surface area contributed by atoms with Crippen LogP contribution in [-0.2, 0) is 9.53 Å². The van der Waals surface area contributed by atoms with Crippen molar-refractivity contribution in [1.29, 1.82) is 0 Å². The molecule has 2 nitrogen and oxygen atoms in total. The third-order valence-corrected chi connectivity index (χ3v) is 6.05. The first-order valence-electron chi connectivity index (χ1n) is 12.7. The Bertz CT molecular complexity index is 375. The molecule has 30 heavy (non-hydrogen) atoms. The van der Waals surface area contributed by atoms with Crippen LogP contribution < -0.4 is 0 Å². The van der Waals surface area contributed by atoms with Crippen LogP contribution in [0.5, 0.6) is 0 Å². The fourth-order valence-corrected chi connectivity index (χ4v) is 3.94. The molecule has 180 valence electrons. The van der Waals surface area contributed by atoms with E-state index in [4.69, 9.17) is 4.74 Å². The molecule has 0 N–H and O–H groups in total. The van der Waals surface area contributed by atoms with E-state index in [0.717, 1.165) is 44.3 Å². The van der Waals surface area contributed by atoms with Gasteiger partial charge in [0.15, 0.2) is 0 Å². The summed E-state index contributed by atoms with van der Waals surface area (Å²) >= 11 is 4.13. The zero-order chi connectivity index (χ0) is 22.5. The second-order valence-electron chi connectivity index (χ2n) is 8.73. The van der Waals surface area contributed by atoms with E-state index < -0.39 is 18.3 Å². The number of carbonyl (C=O) groups excluding carboxylic acids is 1. The van der Waals surface area contributed by atoms with Gasteiger partial charge in [0.25, 0.3) is 0 Å². The smallest absolute Gasteiger partial charge is 0.377 e. The maximum Gasteiger partial charge on any atom is 0.377 e. The largest absolute Gasteiger partial charge is 0.458 e. The maximum absolute atomic E-state index is 14.3. The fraction of sp³-hybridized carbons (Fsp3) is 0.960. The van der Waals surface area contributed by atoms with Gasteiger partial charge in [-0.3, -0.25) is 0 Å². The van der Waals surface area contributed by atoms with Crippen LogP contribution in [-0.4, -0.2) is 23.7 Å². The van der Waals surface area contributed by atoms with Crippen molar-refractivity contribution in [3.63, 3.8) is 0 Å². The minimum Gasteiger partial charge on any atom is -0.458 e. The second kappa shape index (κ2) is 20.6. The lowest BCUT2D eigenvalue weighted by Crippen LogP contribution is -2.34. The molecule has 0 rings (SSSR count). The number of thiol groups is 1. The highest BCUT2D eigenvalue weighted by molar-refractivity contribution is 7.80. The van der Waals surface area contributed by atoms with Gasteiger partial charge in [0, 0.05) is 6.42 Å². The summed E-state index contributed by atoms with van der Waals surface area (Å²) < 4.78 is 33.9. The third-order valence-electron chi connectivity index (χ3n) is 5.73. The molecule has 0 amide bonds. The van der Waals surface area contributed by atoms with E-state index in [0.29, 0.717) is 25.7 Å². The van der Waals surface area contributed by atoms with Gasteiger partial charge in [-0.15, -0.1) is 0 Å². The fourth-order valence-electron chi connectivity index (χ4n) is 3.72. The highest BCUT2D eigenvalue weighted by Crippen LogP contribution is 2.26. The zero-order valence-electron chi connectivity index (χ0n) is 19.7. The van der Waals surface area contributed by atoms with Crippen molar-refractivity contribution in [2.24, 2.45) is 0 Å². The maximum atomic E-state index is 14.3. The number of hydrogen-bond acceptors (Lipinski definition) is 3. The van der Waals surface area contributed by atoms with E-state index >= 15 is 0 Å². The molecule has 0 saturated heterocycles. The summed E-state index contributed by atoms with van der Waals surface area (Å²) in [7, 11) is 0. The van der Waals surface area contributed by atoms with Gasteiger partial charge in [0.05, 0.1) is 0 Å². The number of ether oxygens (including phenoxy) is 1. The van der Waals surface area contributed by atoms with E-state index in [-0.39, 0.29) is 6.10 Å². The molecule has 0 unspecified atom stereocenters. The molecule has 0 aromatic carbocycles. The minimum absolute atomic E-state index is 0.357. The monoisotopic (exact) mass is 450 g/mol. The summed E-state index contributed by atoms with van der Waals surface area (Å²) in [6.07, 6.45) is 17.3. The van der Waals surface area contributed by atoms with Crippen molar-refractivity contribution in [3.05, 3.63) is 0 Å². The lowest BCUT2D eigenvalue weighted by molar-refractivity contribution is -0.179. The Morgan fingerprint density at radius 1 is 0.733 bits per heavy atom. The highest BCUT2D eigenvalue weighted by atomic mass is 32.1. The molecular formula is C25H48F2O2S. The summed E-state index contributed by atoms with van der Waals surface area (Å²) in [5, 5.41) is 0. The first kappa shape index (κ1) is 29.7. The number of rotatable bonds is 22. The molecule has 0 radical (unpaired) electrons. The van der Waals surface area contributed by atoms with Crippen molar-refractivity contribution in [1.82, 2.24) is 0 Å². The molecule has 0 aromatic rings. The summed E-state index contributed by atoms with van der Waals surface area (Å²) in [6, 6.07) is 0. The van der Waals surface area contributed by atoms with Crippen LogP contribution in [0.15, 0.2) is 0 Å². The average molecular weight is 451 g/mol. The molecule has 0 aliphatic heterocycles. The Labute approximate surface area is 190 Å². The summed E-state index contributed by atoms with van der Waals surface area (Å²) in [5.74, 6) is -3.89. The molecule has 0 aromatic heterocycles. The van der Waals surface area contributed by atoms with E-state index in [1.54, 1.807) is 0 Å². The van der Waals surface area contributed by atoms with E-state index in [2.05, 4.69) is 26.5 Å². The second-order valence-corrected chi connectivity index (χ2v) is 9.18. The van der Waals surface area contributed by atoms with Crippen LogP contribution in [0.4, 0.5) is 8.78 Å². The Morgan fingerprint density at radius 3 is 1.67 bits per heavy atom. The SMILES string of the molecule is CCCCCCCCC(CCCCCCCC)OC(=O)C(F)(F)CCCCCCS. The summed E-state index contributed by atoms with van der Waals surface area (Å²) in [4.78, 5) is 12.2. The normalized spacial score (nSPS) is 11.9. The van der Waals surface area contributed by atoms with Crippen LogP contribution >= 0.6 is 12.6 Å². The molecule has 0 saturated carbocycles. The molecular weight excluding hydrogens is 402 g/mol. The minimum atomic E-state index is -3.36. The number of hydrogen-bond donors (Lipinski definition) is 1. The van der Waals surface area contributed by atoms with Crippen molar-refractivity contribution in [2.45, 2.75) is 148 Å². The van der Waals surface area contributed by atoms with Gasteiger partial charge in [-0.25, -0.2) is 4.79 Å². The first-order valence-corrected chi connectivity index (χ1v) is 13.3. The molecule has 0 aliphatic carbocycles. The summed E-state index contributed by atoms with van der Waals surface area (Å²) in [5.41, 5.74) is 0. The Hall–Kier alpha value is -0.320. The van der Waals surface area contributed by atoms with Gasteiger partial charge >= 0.3 is 11.9 Å². The van der Waals surface area contributed by atoms with Crippen LogP contribution in [0.1, 0.15) is 136 Å². The quantitative estimate of drug-likeness (QED) is 0.101. The van der Waals surface area contributed by atoms with Gasteiger partial charge in [-0.05, 0) is 44.3 Å². The Balaban J connectivity index is 4.38. The van der Waals surface area contributed by atoms with Gasteiger partial charge in [0.2, 0.25) is 0 Å². The predicted octanol–water partition coefficient (Wildman–Crippen LogP) is 8.92. The van der Waals surface area contributed by atoms with Crippen molar-refractivity contribution < 1.29 is 18.3 Å². The lowest BCUT2D eigenvalue weighted by Gasteiger charge is -2.22. The van der Waals surface area contributed by atoms with Crippen molar-refractivity contribution >= 4 is 18.6 Å². The van der Waals surface area contributed by atoms with E-state index in [1.165, 1.54) is 51.4 Å². The van der Waals surface area contributed by atoms with E-state index in [1.807, 2.05) is 0 Å². The molecule has 0 aliphatic rings. The van der Waals surface area contributed by atoms with Crippen LogP contribution in [0.3, 0.4) is 0 Å². The number of esters is 1. The number of halogens is 2. The molecule has 0 spiro atoms. The predicted molar refractivity (Wildman–Crippen MR) is 128 cm³/mol. The highest BCUT2D eigenvalue weighted by Gasteiger charge is 2.40. The van der Waals surface area contributed by atoms with Crippen LogP contribution in [0.2, 0.25) is 0 Å². The van der Waals surface area contributed by atoms with Gasteiger partial charge in [0.1, 0.15) is 6.10 Å². The number of carbonyl (C=O) groups is 1. The first-order chi connectivity index (χ1) is 14.5. The summed E-state index contributed by atoms with van der Waals surface area (Å²) in [6.45, 7) is 4.38. The lowest BCUT2D eigenvalue weighted by atomic mass is 10.0. The van der Waals surface area contributed by atoms with Gasteiger partial charge < -0.3 is 4.74 Å². The van der Waals surface area contributed by atoms with Gasteiger partial charge in [-0.1, -0.05) is 90.9 Å². The van der Waals surface area contributed by atoms with Crippen LogP contribution in [0, 0.1) is 0 Å². The molecule has 0 heterocycles. The molecule has 0 bridgehead atoms. The van der Waals surface area contributed by atoms with Gasteiger partial charge in [-0.2, -0.15) is 21.4 Å². The van der Waals surface area contributed by atoms with E-state index in [9.17, 15) is 13.6 Å². The standard InChI is InChI=1S/C25H48F2O2S/c1-3-5-7-9-11-15-19-23(20-16-12-10-8-6-4-2)29-24(28)25(26,27)21-17-13-14-18-22-30/h23,30H,3-22H2,1-2H3. The molecule has 0 fully saturated rings. The topological polar surface area (TPSA) is 26.3 Å². The Morgan fingerprint density at radius 2 is 1.17 bits per heavy atom. The van der Waals surface area contributed by atoms with Crippen molar-refractivity contribution in [3.8, 4) is 0 Å². The number of alkyl halides is 2. The average Bonchev–Trinajstić information content (AvgIpc) is 2.72. The Kier molecular flexibility index (Phi) is 20.4. The van der Waals surface area contributed by atoms with Crippen LogP contribution in [0.25, 0.3) is 0 Å². The molecule has 0 atom stereocenters. The number of unbranched alkanes of at least 4 members (excludes halogenated alkanes) is 13.